The number of ether oxygens (including phenoxy) is 1. The van der Waals surface area contributed by atoms with E-state index in [1.54, 1.807) is 18.4 Å². The third kappa shape index (κ3) is 7.49. The van der Waals surface area contributed by atoms with Crippen LogP contribution in [0.4, 0.5) is 0 Å². The second-order valence-corrected chi connectivity index (χ2v) is 7.25. The fourth-order valence-electron chi connectivity index (χ4n) is 2.36. The lowest BCUT2D eigenvalue weighted by molar-refractivity contribution is 0.313. The number of rotatable bonds is 8. The lowest BCUT2D eigenvalue weighted by Crippen LogP contribution is -2.37. The van der Waals surface area contributed by atoms with Gasteiger partial charge in [-0.05, 0) is 31.9 Å². The molecule has 0 saturated heterocycles. The Morgan fingerprint density at radius 1 is 1.27 bits per heavy atom. The van der Waals surface area contributed by atoms with Gasteiger partial charge in [0.05, 0.1) is 11.6 Å². The normalized spacial score (nSPS) is 11.0. The highest BCUT2D eigenvalue weighted by atomic mass is 127. The van der Waals surface area contributed by atoms with Gasteiger partial charge in [0.1, 0.15) is 5.75 Å². The fraction of sp³-hybridized carbons (Fsp3) is 0.474. The number of thiazole rings is 1. The fourth-order valence-corrected chi connectivity index (χ4v) is 3.15. The van der Waals surface area contributed by atoms with Crippen LogP contribution in [0.3, 0.4) is 0 Å². The van der Waals surface area contributed by atoms with Gasteiger partial charge in [0.2, 0.25) is 0 Å². The second-order valence-electron chi connectivity index (χ2n) is 5.93. The molecule has 7 heteroatoms. The van der Waals surface area contributed by atoms with Gasteiger partial charge in [0.15, 0.2) is 5.96 Å². The van der Waals surface area contributed by atoms with Crippen molar-refractivity contribution in [2.24, 2.45) is 4.99 Å². The molecule has 0 unspecified atom stereocenters. The van der Waals surface area contributed by atoms with Crippen molar-refractivity contribution in [1.82, 2.24) is 15.6 Å². The first-order valence-electron chi connectivity index (χ1n) is 8.70. The van der Waals surface area contributed by atoms with E-state index in [4.69, 9.17) is 4.74 Å². The zero-order chi connectivity index (χ0) is 18.1. The van der Waals surface area contributed by atoms with E-state index in [2.05, 4.69) is 59.6 Å². The zero-order valence-electron chi connectivity index (χ0n) is 16.0. The summed E-state index contributed by atoms with van der Waals surface area (Å²) in [6.07, 6.45) is 3.82. The maximum atomic E-state index is 5.87. The first-order valence-corrected chi connectivity index (χ1v) is 9.52. The largest absolute Gasteiger partial charge is 0.493 e. The molecular weight excluding hydrogens is 459 g/mol. The molecule has 1 aromatic heterocycles. The van der Waals surface area contributed by atoms with Crippen molar-refractivity contribution in [3.05, 3.63) is 45.4 Å². The van der Waals surface area contributed by atoms with Crippen molar-refractivity contribution < 1.29 is 4.74 Å². The smallest absolute Gasteiger partial charge is 0.191 e. The van der Waals surface area contributed by atoms with Gasteiger partial charge in [-0.3, -0.25) is 4.99 Å². The lowest BCUT2D eigenvalue weighted by Gasteiger charge is -2.15. The molecule has 0 aliphatic carbocycles. The minimum absolute atomic E-state index is 0. The molecule has 0 amide bonds. The molecule has 26 heavy (non-hydrogen) atoms. The predicted octanol–water partition coefficient (Wildman–Crippen LogP) is 4.07. The Labute approximate surface area is 177 Å². The highest BCUT2D eigenvalue weighted by molar-refractivity contribution is 14.0. The van der Waals surface area contributed by atoms with E-state index in [0.717, 1.165) is 48.3 Å². The number of aromatic nitrogens is 1. The van der Waals surface area contributed by atoms with Gasteiger partial charge in [0, 0.05) is 43.2 Å². The predicted molar refractivity (Wildman–Crippen MR) is 121 cm³/mol. The molecule has 0 aliphatic rings. The van der Waals surface area contributed by atoms with Crippen LogP contribution >= 0.6 is 35.3 Å². The number of halogens is 1. The maximum absolute atomic E-state index is 5.87. The number of benzene rings is 1. The van der Waals surface area contributed by atoms with Crippen molar-refractivity contribution in [1.29, 1.82) is 0 Å². The number of nitrogens with one attached hydrogen (secondary N) is 2. The maximum Gasteiger partial charge on any atom is 0.191 e. The van der Waals surface area contributed by atoms with Crippen LogP contribution in [0, 0.1) is 13.8 Å². The molecule has 1 heterocycles. The molecule has 0 fully saturated rings. The summed E-state index contributed by atoms with van der Waals surface area (Å²) >= 11 is 1.74. The minimum atomic E-state index is 0. The second kappa shape index (κ2) is 12.1. The molecule has 0 aliphatic heterocycles. The Hall–Kier alpha value is -1.35. The van der Waals surface area contributed by atoms with Gasteiger partial charge in [-0.15, -0.1) is 35.3 Å². The molecule has 1 aromatic carbocycles. The summed E-state index contributed by atoms with van der Waals surface area (Å²) in [5.41, 5.74) is 2.34. The van der Waals surface area contributed by atoms with Crippen LogP contribution in [0.15, 0.2) is 29.4 Å². The van der Waals surface area contributed by atoms with E-state index in [0.29, 0.717) is 6.54 Å². The van der Waals surface area contributed by atoms with E-state index in [1.807, 2.05) is 6.20 Å². The van der Waals surface area contributed by atoms with Crippen LogP contribution in [-0.2, 0) is 13.0 Å². The average molecular weight is 488 g/mol. The van der Waals surface area contributed by atoms with Crippen molar-refractivity contribution in [3.8, 4) is 5.75 Å². The van der Waals surface area contributed by atoms with E-state index in [9.17, 15) is 0 Å². The van der Waals surface area contributed by atoms with Gasteiger partial charge in [-0.25, -0.2) is 4.98 Å². The Morgan fingerprint density at radius 3 is 2.73 bits per heavy atom. The van der Waals surface area contributed by atoms with E-state index >= 15 is 0 Å². The number of hydrogen-bond donors (Lipinski definition) is 2. The average Bonchev–Trinajstić information content (AvgIpc) is 3.02. The molecule has 0 saturated carbocycles. The highest BCUT2D eigenvalue weighted by Gasteiger charge is 2.06. The molecule has 2 N–H and O–H groups in total. The first-order chi connectivity index (χ1) is 12.1. The minimum Gasteiger partial charge on any atom is -0.493 e. The van der Waals surface area contributed by atoms with Gasteiger partial charge in [0.25, 0.3) is 0 Å². The third-order valence-corrected chi connectivity index (χ3v) is 4.63. The monoisotopic (exact) mass is 488 g/mol. The van der Waals surface area contributed by atoms with Crippen LogP contribution in [0.2, 0.25) is 0 Å². The number of aryl methyl sites for hydroxylation is 2. The topological polar surface area (TPSA) is 58.5 Å². The Morgan fingerprint density at radius 2 is 2.08 bits per heavy atom. The molecule has 0 atom stereocenters. The lowest BCUT2D eigenvalue weighted by atomic mass is 10.1. The van der Waals surface area contributed by atoms with Crippen molar-refractivity contribution >= 4 is 41.3 Å². The van der Waals surface area contributed by atoms with Crippen LogP contribution in [0.1, 0.15) is 34.4 Å². The summed E-state index contributed by atoms with van der Waals surface area (Å²) in [5, 5.41) is 7.84. The molecule has 2 rings (SSSR count). The van der Waals surface area contributed by atoms with Crippen LogP contribution < -0.4 is 15.4 Å². The van der Waals surface area contributed by atoms with E-state index < -0.39 is 0 Å². The SMILES string of the molecule is CCCOc1cc(C)ccc1CNC(=NC)NCCc1ncc(C)s1.I. The molecule has 0 radical (unpaired) electrons. The third-order valence-electron chi connectivity index (χ3n) is 3.65. The first kappa shape index (κ1) is 22.7. The number of guanidine groups is 1. The molecule has 0 spiro atoms. The molecule has 2 aromatic rings. The van der Waals surface area contributed by atoms with Gasteiger partial charge >= 0.3 is 0 Å². The van der Waals surface area contributed by atoms with Gasteiger partial charge in [-0.2, -0.15) is 0 Å². The Bertz CT molecular complexity index is 703. The Kier molecular flexibility index (Phi) is 10.6. The summed E-state index contributed by atoms with van der Waals surface area (Å²) in [5.74, 6) is 1.73. The summed E-state index contributed by atoms with van der Waals surface area (Å²) in [7, 11) is 1.78. The zero-order valence-corrected chi connectivity index (χ0v) is 19.1. The summed E-state index contributed by atoms with van der Waals surface area (Å²) in [6.45, 7) is 8.49. The van der Waals surface area contributed by atoms with Crippen molar-refractivity contribution in [3.63, 3.8) is 0 Å². The Balaban J connectivity index is 0.00000338. The van der Waals surface area contributed by atoms with E-state index in [1.165, 1.54) is 10.4 Å². The van der Waals surface area contributed by atoms with Gasteiger partial charge < -0.3 is 15.4 Å². The molecule has 5 nitrogen and oxygen atoms in total. The quantitative estimate of drug-likeness (QED) is 0.334. The summed E-state index contributed by atoms with van der Waals surface area (Å²) in [4.78, 5) is 9.91. The van der Waals surface area contributed by atoms with Crippen LogP contribution in [0.5, 0.6) is 5.75 Å². The molecule has 0 bridgehead atoms. The van der Waals surface area contributed by atoms with Crippen molar-refractivity contribution in [2.45, 2.75) is 40.2 Å². The number of aliphatic imine (C=N–C) groups is 1. The molecule has 144 valence electrons. The summed E-state index contributed by atoms with van der Waals surface area (Å²) in [6, 6.07) is 6.31. The number of nitrogens with zero attached hydrogens (tertiary/aromatic N) is 2. The number of hydrogen-bond acceptors (Lipinski definition) is 4. The highest BCUT2D eigenvalue weighted by Crippen LogP contribution is 2.20. The molecular formula is C19H29IN4OS. The standard InChI is InChI=1S/C19H28N4OS.HI/c1-5-10-24-17-11-14(2)6-7-16(17)13-23-19(20-4)21-9-8-18-22-12-15(3)25-18;/h6-7,11-12H,5,8-10,13H2,1-4H3,(H2,20,21,23);1H. The van der Waals surface area contributed by atoms with Crippen molar-refractivity contribution in [2.75, 3.05) is 20.2 Å². The summed E-state index contributed by atoms with van der Waals surface area (Å²) < 4.78 is 5.87. The van der Waals surface area contributed by atoms with Gasteiger partial charge in [-0.1, -0.05) is 19.1 Å². The van der Waals surface area contributed by atoms with E-state index in [-0.39, 0.29) is 24.0 Å². The van der Waals surface area contributed by atoms with Crippen LogP contribution in [-0.4, -0.2) is 31.1 Å². The van der Waals surface area contributed by atoms with Crippen LogP contribution in [0.25, 0.3) is 0 Å².